The summed E-state index contributed by atoms with van der Waals surface area (Å²) in [5, 5.41) is -0.215. The first-order valence-corrected chi connectivity index (χ1v) is 21.9. The Morgan fingerprint density at radius 1 is 0.717 bits per heavy atom. The van der Waals surface area contributed by atoms with Gasteiger partial charge >= 0.3 is 18.1 Å². The van der Waals surface area contributed by atoms with Gasteiger partial charge in [0.2, 0.25) is 0 Å². The van der Waals surface area contributed by atoms with Crippen LogP contribution in [0.25, 0.3) is 0 Å². The fourth-order valence-electron chi connectivity index (χ4n) is 5.44. The summed E-state index contributed by atoms with van der Waals surface area (Å²) in [6.07, 6.45) is -4.69. The summed E-state index contributed by atoms with van der Waals surface area (Å²) in [4.78, 5) is 31.7. The molecule has 0 saturated carbocycles. The number of alkyl halides is 3. The third kappa shape index (κ3) is 12.9. The van der Waals surface area contributed by atoms with Gasteiger partial charge in [0.1, 0.15) is 35.4 Å². The SMILES string of the molecule is CCS(=O)(=O)c1ccc(Oc2cc(CC(=O)OC(=O)Cc3cc(Oc4ccc(S(=O)(=O)Cc5ccccn5)cc4Cl)cc(C(F)(F)F)c3)cc(OCCN(C)C)c2)c(Cl)c1. The molecule has 4 aromatic carbocycles. The van der Waals surface area contributed by atoms with Crippen molar-refractivity contribution in [2.24, 2.45) is 0 Å². The molecule has 60 heavy (non-hydrogen) atoms. The zero-order valence-electron chi connectivity index (χ0n) is 32.2. The third-order valence-electron chi connectivity index (χ3n) is 8.39. The van der Waals surface area contributed by atoms with Gasteiger partial charge in [0.25, 0.3) is 0 Å². The van der Waals surface area contributed by atoms with E-state index in [4.69, 9.17) is 42.1 Å². The second kappa shape index (κ2) is 19.5. The summed E-state index contributed by atoms with van der Waals surface area (Å²) in [7, 11) is -3.76. The number of hydrogen-bond donors (Lipinski definition) is 0. The lowest BCUT2D eigenvalue weighted by atomic mass is 10.1. The van der Waals surface area contributed by atoms with Crippen molar-refractivity contribution in [1.82, 2.24) is 9.88 Å². The largest absolute Gasteiger partial charge is 0.492 e. The van der Waals surface area contributed by atoms with Crippen molar-refractivity contribution in [1.29, 1.82) is 0 Å². The molecule has 0 fully saturated rings. The Labute approximate surface area is 354 Å². The van der Waals surface area contributed by atoms with E-state index in [1.54, 1.807) is 12.1 Å². The number of halogens is 5. The number of hydrogen-bond acceptors (Lipinski definition) is 12. The first-order chi connectivity index (χ1) is 28.2. The lowest BCUT2D eigenvalue weighted by Crippen LogP contribution is -2.19. The number of benzene rings is 4. The van der Waals surface area contributed by atoms with Gasteiger partial charge in [-0.15, -0.1) is 0 Å². The van der Waals surface area contributed by atoms with Gasteiger partial charge in [0, 0.05) is 18.8 Å². The first-order valence-electron chi connectivity index (χ1n) is 17.9. The lowest BCUT2D eigenvalue weighted by Gasteiger charge is -2.15. The highest BCUT2D eigenvalue weighted by Crippen LogP contribution is 2.38. The number of aromatic nitrogens is 1. The standard InChI is InChI=1S/C41H37Cl2F3N2O10S2/c1-4-59(51,52)33-8-10-38(35(42)23-33)57-32-18-27(16-30(22-32)55-14-13-48(2)3)20-40(50)58-39(49)19-26-15-28(41(44,45)46)21-31(17-26)56-37-11-9-34(24-36(37)43)60(53,54)25-29-7-5-6-12-47-29/h5-12,15-18,21-24H,4,13-14,19-20,25H2,1-3H3. The fraction of sp³-hybridized carbons (Fsp3) is 0.244. The molecule has 0 radical (unpaired) electrons. The van der Waals surface area contributed by atoms with Crippen LogP contribution >= 0.6 is 23.2 Å². The van der Waals surface area contributed by atoms with Crippen LogP contribution in [-0.4, -0.2) is 71.7 Å². The molecule has 19 heteroatoms. The monoisotopic (exact) mass is 908 g/mol. The number of esters is 2. The Bertz CT molecular complexity index is 2590. The summed E-state index contributed by atoms with van der Waals surface area (Å²) < 4.78 is 115. The van der Waals surface area contributed by atoms with Crippen LogP contribution in [0.4, 0.5) is 13.2 Å². The minimum absolute atomic E-state index is 0.00195. The second-order valence-electron chi connectivity index (χ2n) is 13.4. The smallest absolute Gasteiger partial charge is 0.416 e. The van der Waals surface area contributed by atoms with Crippen LogP contribution < -0.4 is 14.2 Å². The maximum atomic E-state index is 14.0. The highest BCUT2D eigenvalue weighted by atomic mass is 35.5. The molecule has 0 bridgehead atoms. The normalized spacial score (nSPS) is 11.9. The molecule has 0 aliphatic heterocycles. The molecule has 5 aromatic rings. The predicted molar refractivity (Wildman–Crippen MR) is 216 cm³/mol. The van der Waals surface area contributed by atoms with Gasteiger partial charge < -0.3 is 23.8 Å². The maximum Gasteiger partial charge on any atom is 0.416 e. The van der Waals surface area contributed by atoms with Crippen LogP contribution in [-0.2, 0) is 58.8 Å². The van der Waals surface area contributed by atoms with Crippen molar-refractivity contribution < 1.29 is 58.5 Å². The molecule has 0 aliphatic rings. The van der Waals surface area contributed by atoms with Gasteiger partial charge in [0.05, 0.1) is 55.4 Å². The van der Waals surface area contributed by atoms with Gasteiger partial charge in [-0.2, -0.15) is 13.2 Å². The van der Waals surface area contributed by atoms with Crippen LogP contribution in [0.3, 0.4) is 0 Å². The van der Waals surface area contributed by atoms with E-state index in [0.717, 1.165) is 12.1 Å². The molecule has 0 aliphatic carbocycles. The number of sulfone groups is 2. The maximum absolute atomic E-state index is 14.0. The highest BCUT2D eigenvalue weighted by Gasteiger charge is 2.32. The molecule has 0 atom stereocenters. The molecule has 0 unspecified atom stereocenters. The lowest BCUT2D eigenvalue weighted by molar-refractivity contribution is -0.158. The van der Waals surface area contributed by atoms with Crippen molar-refractivity contribution in [2.45, 2.75) is 41.5 Å². The molecule has 1 aromatic heterocycles. The number of carbonyl (C=O) groups excluding carboxylic acids is 2. The van der Waals surface area contributed by atoms with Gasteiger partial charge in [-0.05, 0) is 104 Å². The molecule has 0 spiro atoms. The minimum Gasteiger partial charge on any atom is -0.492 e. The first kappa shape index (κ1) is 45.9. The van der Waals surface area contributed by atoms with E-state index in [1.165, 1.54) is 67.7 Å². The predicted octanol–water partition coefficient (Wildman–Crippen LogP) is 8.55. The van der Waals surface area contributed by atoms with Crippen molar-refractivity contribution in [3.8, 4) is 28.7 Å². The molecule has 0 saturated heterocycles. The van der Waals surface area contributed by atoms with Gasteiger partial charge in [-0.3, -0.25) is 14.6 Å². The number of carbonyl (C=O) groups is 2. The average Bonchev–Trinajstić information content (AvgIpc) is 3.15. The summed E-state index contributed by atoms with van der Waals surface area (Å²) in [5.74, 6) is -2.79. The fourth-order valence-corrected chi connectivity index (χ4v) is 8.21. The quantitative estimate of drug-likeness (QED) is 0.0649. The molecular weight excluding hydrogens is 872 g/mol. The second-order valence-corrected chi connectivity index (χ2v) is 18.5. The Hall–Kier alpha value is -5.20. The number of nitrogens with zero attached hydrogens (tertiary/aromatic N) is 2. The Kier molecular flexibility index (Phi) is 14.9. The van der Waals surface area contributed by atoms with Gasteiger partial charge in [-0.25, -0.2) is 16.8 Å². The van der Waals surface area contributed by atoms with E-state index in [1.807, 2.05) is 19.0 Å². The number of rotatable bonds is 17. The van der Waals surface area contributed by atoms with E-state index in [2.05, 4.69) is 4.98 Å². The topological polar surface area (TPSA) is 155 Å². The van der Waals surface area contributed by atoms with E-state index in [-0.39, 0.29) is 72.1 Å². The summed E-state index contributed by atoms with van der Waals surface area (Å²) in [5.41, 5.74) is -0.836. The molecule has 5 rings (SSSR count). The van der Waals surface area contributed by atoms with Crippen LogP contribution in [0, 0.1) is 0 Å². The molecule has 1 heterocycles. The van der Waals surface area contributed by atoms with E-state index in [0.29, 0.717) is 24.4 Å². The van der Waals surface area contributed by atoms with E-state index >= 15 is 0 Å². The van der Waals surface area contributed by atoms with Gasteiger partial charge in [-0.1, -0.05) is 36.2 Å². The van der Waals surface area contributed by atoms with Crippen molar-refractivity contribution in [3.63, 3.8) is 0 Å². The Balaban J connectivity index is 1.30. The van der Waals surface area contributed by atoms with Crippen molar-refractivity contribution in [3.05, 3.63) is 130 Å². The number of likely N-dealkylation sites (N-methyl/N-ethyl adjacent to an activating group) is 1. The van der Waals surface area contributed by atoms with Crippen LogP contribution in [0.1, 0.15) is 29.3 Å². The van der Waals surface area contributed by atoms with Gasteiger partial charge in [0.15, 0.2) is 19.7 Å². The third-order valence-corrected chi connectivity index (χ3v) is 12.4. The van der Waals surface area contributed by atoms with E-state index in [9.17, 15) is 39.6 Å². The Morgan fingerprint density at radius 3 is 1.78 bits per heavy atom. The number of pyridine rings is 1. The molecule has 0 amide bonds. The summed E-state index contributed by atoms with van der Waals surface area (Å²) >= 11 is 12.7. The van der Waals surface area contributed by atoms with Crippen molar-refractivity contribution in [2.75, 3.05) is 33.0 Å². The highest BCUT2D eigenvalue weighted by molar-refractivity contribution is 7.91. The molecule has 0 N–H and O–H groups in total. The molecule has 318 valence electrons. The summed E-state index contributed by atoms with van der Waals surface area (Å²) in [6, 6.07) is 19.2. The summed E-state index contributed by atoms with van der Waals surface area (Å²) in [6.45, 7) is 2.28. The van der Waals surface area contributed by atoms with E-state index < -0.39 is 61.9 Å². The zero-order chi connectivity index (χ0) is 43.8. The molecular formula is C41H37Cl2F3N2O10S2. The Morgan fingerprint density at radius 2 is 1.27 bits per heavy atom. The number of ether oxygens (including phenoxy) is 4. The molecule has 12 nitrogen and oxygen atoms in total. The zero-order valence-corrected chi connectivity index (χ0v) is 35.3. The van der Waals surface area contributed by atoms with Crippen LogP contribution in [0.5, 0.6) is 28.7 Å². The average molecular weight is 910 g/mol. The van der Waals surface area contributed by atoms with Crippen molar-refractivity contribution >= 4 is 54.8 Å². The minimum atomic E-state index is -4.88. The van der Waals surface area contributed by atoms with Crippen LogP contribution in [0.15, 0.2) is 107 Å². The van der Waals surface area contributed by atoms with Crippen LogP contribution in [0.2, 0.25) is 10.0 Å².